The van der Waals surface area contributed by atoms with Gasteiger partial charge in [0.25, 0.3) is 5.56 Å². The normalized spacial score (nSPS) is 17.0. The van der Waals surface area contributed by atoms with Gasteiger partial charge in [0, 0.05) is 94.5 Å². The second-order valence-corrected chi connectivity index (χ2v) is 10.8. The third-order valence-corrected chi connectivity index (χ3v) is 7.63. The van der Waals surface area contributed by atoms with E-state index >= 15 is 0 Å². The molecular weight excluding hydrogens is 460 g/mol. The standard InChI is InChI=1S/C30H40N6O/c1-22(2)29-27(25-18-23(3)30(37)33(4)21-25)8-9-28(32-29)36-16-14-34(15-17-36)20-24-6-5-7-26(19-24)35-12-10-31-11-13-35/h5-9,18-19,21-22,31H,10-17,20H2,1-4H3. The minimum atomic E-state index is 0.0489. The van der Waals surface area contributed by atoms with Gasteiger partial charge in [-0.15, -0.1) is 0 Å². The molecule has 196 valence electrons. The number of rotatable bonds is 6. The summed E-state index contributed by atoms with van der Waals surface area (Å²) in [5.74, 6) is 1.34. The Hall–Kier alpha value is -3.16. The molecule has 1 N–H and O–H groups in total. The Bertz CT molecular complexity index is 1260. The van der Waals surface area contributed by atoms with E-state index in [2.05, 4.69) is 70.3 Å². The van der Waals surface area contributed by atoms with Crippen LogP contribution in [0.3, 0.4) is 0 Å². The number of aromatic nitrogens is 2. The molecule has 0 saturated carbocycles. The highest BCUT2D eigenvalue weighted by atomic mass is 16.1. The van der Waals surface area contributed by atoms with Crippen molar-refractivity contribution in [2.45, 2.75) is 33.2 Å². The van der Waals surface area contributed by atoms with Crippen LogP contribution in [0, 0.1) is 6.92 Å². The highest BCUT2D eigenvalue weighted by Crippen LogP contribution is 2.30. The van der Waals surface area contributed by atoms with Crippen molar-refractivity contribution in [3.8, 4) is 11.1 Å². The SMILES string of the molecule is Cc1cc(-c2ccc(N3CCN(Cc4cccc(N5CCNCC5)c4)CC3)nc2C(C)C)cn(C)c1=O. The van der Waals surface area contributed by atoms with E-state index in [1.807, 2.05) is 26.2 Å². The van der Waals surface area contributed by atoms with Crippen molar-refractivity contribution < 1.29 is 0 Å². The van der Waals surface area contributed by atoms with Crippen LogP contribution < -0.4 is 20.7 Å². The molecule has 0 bridgehead atoms. The number of hydrogen-bond acceptors (Lipinski definition) is 6. The molecule has 0 atom stereocenters. The fourth-order valence-electron chi connectivity index (χ4n) is 5.52. The summed E-state index contributed by atoms with van der Waals surface area (Å²) in [5.41, 5.74) is 6.79. The Labute approximate surface area is 220 Å². The molecule has 2 saturated heterocycles. The molecule has 1 aromatic carbocycles. The lowest BCUT2D eigenvalue weighted by atomic mass is 9.97. The van der Waals surface area contributed by atoms with Crippen molar-refractivity contribution in [2.24, 2.45) is 7.05 Å². The zero-order chi connectivity index (χ0) is 25.9. The predicted molar refractivity (Wildman–Crippen MR) is 153 cm³/mol. The molecule has 5 rings (SSSR count). The van der Waals surface area contributed by atoms with Gasteiger partial charge >= 0.3 is 0 Å². The third-order valence-electron chi connectivity index (χ3n) is 7.63. The van der Waals surface area contributed by atoms with Gasteiger partial charge in [-0.2, -0.15) is 0 Å². The van der Waals surface area contributed by atoms with E-state index in [-0.39, 0.29) is 11.5 Å². The molecule has 0 aliphatic carbocycles. The van der Waals surface area contributed by atoms with E-state index in [9.17, 15) is 4.79 Å². The average molecular weight is 501 g/mol. The Morgan fingerprint density at radius 2 is 1.70 bits per heavy atom. The summed E-state index contributed by atoms with van der Waals surface area (Å²) >= 11 is 0. The maximum absolute atomic E-state index is 12.2. The average Bonchev–Trinajstić information content (AvgIpc) is 2.92. The largest absolute Gasteiger partial charge is 0.369 e. The number of piperazine rings is 2. The van der Waals surface area contributed by atoms with Crippen LogP contribution in [-0.2, 0) is 13.6 Å². The molecule has 0 radical (unpaired) electrons. The molecule has 0 amide bonds. The molecule has 2 fully saturated rings. The van der Waals surface area contributed by atoms with Crippen molar-refractivity contribution >= 4 is 11.5 Å². The lowest BCUT2D eigenvalue weighted by Gasteiger charge is -2.36. The van der Waals surface area contributed by atoms with Crippen LogP contribution >= 0.6 is 0 Å². The molecular formula is C30H40N6O. The van der Waals surface area contributed by atoms with E-state index in [0.29, 0.717) is 0 Å². The second kappa shape index (κ2) is 11.1. The van der Waals surface area contributed by atoms with Crippen LogP contribution in [0.1, 0.15) is 36.6 Å². The molecule has 2 aromatic heterocycles. The van der Waals surface area contributed by atoms with Crippen molar-refractivity contribution in [1.82, 2.24) is 19.8 Å². The van der Waals surface area contributed by atoms with Gasteiger partial charge in [0.15, 0.2) is 0 Å². The van der Waals surface area contributed by atoms with Gasteiger partial charge in [-0.05, 0) is 48.7 Å². The second-order valence-electron chi connectivity index (χ2n) is 10.8. The van der Waals surface area contributed by atoms with Crippen LogP contribution in [0.15, 0.2) is 53.5 Å². The lowest BCUT2D eigenvalue weighted by molar-refractivity contribution is 0.249. The Kier molecular flexibility index (Phi) is 7.63. The minimum absolute atomic E-state index is 0.0489. The van der Waals surface area contributed by atoms with E-state index < -0.39 is 0 Å². The summed E-state index contributed by atoms with van der Waals surface area (Å²) in [4.78, 5) is 24.8. The van der Waals surface area contributed by atoms with Crippen molar-refractivity contribution in [2.75, 3.05) is 62.2 Å². The van der Waals surface area contributed by atoms with E-state index in [0.717, 1.165) is 87.1 Å². The fourth-order valence-corrected chi connectivity index (χ4v) is 5.52. The van der Waals surface area contributed by atoms with Crippen LogP contribution in [0.5, 0.6) is 0 Å². The molecule has 2 aliphatic heterocycles. The fraction of sp³-hybridized carbons (Fsp3) is 0.467. The molecule has 0 unspecified atom stereocenters. The number of benzene rings is 1. The first-order valence-corrected chi connectivity index (χ1v) is 13.6. The first-order chi connectivity index (χ1) is 17.9. The van der Waals surface area contributed by atoms with Gasteiger partial charge in [0.05, 0.1) is 5.69 Å². The molecule has 7 heteroatoms. The van der Waals surface area contributed by atoms with E-state index in [4.69, 9.17) is 4.98 Å². The van der Waals surface area contributed by atoms with Gasteiger partial charge in [0.1, 0.15) is 5.82 Å². The van der Waals surface area contributed by atoms with Crippen molar-refractivity contribution in [3.63, 3.8) is 0 Å². The molecule has 7 nitrogen and oxygen atoms in total. The monoisotopic (exact) mass is 500 g/mol. The van der Waals surface area contributed by atoms with Crippen LogP contribution in [0.4, 0.5) is 11.5 Å². The molecule has 4 heterocycles. The van der Waals surface area contributed by atoms with Gasteiger partial charge in [-0.1, -0.05) is 26.0 Å². The van der Waals surface area contributed by atoms with Crippen LogP contribution in [-0.4, -0.2) is 66.8 Å². The lowest BCUT2D eigenvalue weighted by Crippen LogP contribution is -2.46. The maximum Gasteiger partial charge on any atom is 0.253 e. The minimum Gasteiger partial charge on any atom is -0.369 e. The number of nitrogens with one attached hydrogen (secondary N) is 1. The summed E-state index contributed by atoms with van der Waals surface area (Å²) in [6.07, 6.45) is 1.92. The van der Waals surface area contributed by atoms with Crippen LogP contribution in [0.2, 0.25) is 0 Å². The molecule has 0 spiro atoms. The molecule has 2 aliphatic rings. The summed E-state index contributed by atoms with van der Waals surface area (Å²) < 4.78 is 1.67. The van der Waals surface area contributed by atoms with Gasteiger partial charge in [0.2, 0.25) is 0 Å². The topological polar surface area (TPSA) is 56.6 Å². The Morgan fingerprint density at radius 3 is 2.41 bits per heavy atom. The zero-order valence-electron chi connectivity index (χ0n) is 22.7. The first kappa shape index (κ1) is 25.5. The smallest absolute Gasteiger partial charge is 0.253 e. The summed E-state index contributed by atoms with van der Waals surface area (Å²) in [5, 5.41) is 3.44. The van der Waals surface area contributed by atoms with Crippen molar-refractivity contribution in [1.29, 1.82) is 0 Å². The number of aryl methyl sites for hydroxylation is 2. The Balaban J connectivity index is 1.26. The summed E-state index contributed by atoms with van der Waals surface area (Å²) in [6, 6.07) is 15.4. The quantitative estimate of drug-likeness (QED) is 0.558. The number of hydrogen-bond donors (Lipinski definition) is 1. The highest BCUT2D eigenvalue weighted by molar-refractivity contribution is 5.68. The van der Waals surface area contributed by atoms with Gasteiger partial charge < -0.3 is 19.7 Å². The van der Waals surface area contributed by atoms with Crippen LogP contribution in [0.25, 0.3) is 11.1 Å². The summed E-state index contributed by atoms with van der Waals surface area (Å²) in [7, 11) is 1.82. The Morgan fingerprint density at radius 1 is 0.946 bits per heavy atom. The number of pyridine rings is 2. The van der Waals surface area contributed by atoms with E-state index in [1.54, 1.807) is 4.57 Å². The predicted octanol–water partition coefficient (Wildman–Crippen LogP) is 3.61. The molecule has 3 aromatic rings. The maximum atomic E-state index is 12.2. The zero-order valence-corrected chi connectivity index (χ0v) is 22.7. The number of anilines is 2. The van der Waals surface area contributed by atoms with Gasteiger partial charge in [-0.25, -0.2) is 4.98 Å². The molecule has 37 heavy (non-hydrogen) atoms. The highest BCUT2D eigenvalue weighted by Gasteiger charge is 2.21. The van der Waals surface area contributed by atoms with E-state index in [1.165, 1.54) is 11.3 Å². The number of nitrogens with zero attached hydrogens (tertiary/aromatic N) is 5. The first-order valence-electron chi connectivity index (χ1n) is 13.6. The third kappa shape index (κ3) is 5.73. The van der Waals surface area contributed by atoms with Crippen molar-refractivity contribution in [3.05, 3.63) is 75.8 Å². The summed E-state index contributed by atoms with van der Waals surface area (Å²) in [6.45, 7) is 15.5. The van der Waals surface area contributed by atoms with Gasteiger partial charge in [-0.3, -0.25) is 9.69 Å².